The molecule has 80 valence electrons. The Labute approximate surface area is 82.7 Å². The summed E-state index contributed by atoms with van der Waals surface area (Å²) in [6, 6.07) is 0. The van der Waals surface area contributed by atoms with Crippen LogP contribution in [0.15, 0.2) is 0 Å². The van der Waals surface area contributed by atoms with Crippen molar-refractivity contribution < 1.29 is 4.79 Å². The number of rotatable bonds is 4. The molecule has 0 aliphatic rings. The van der Waals surface area contributed by atoms with Crippen LogP contribution in [-0.2, 0) is 4.79 Å². The monoisotopic (exact) mass is 188 g/mol. The molecule has 1 amide bonds. The van der Waals surface area contributed by atoms with Crippen LogP contribution in [0.3, 0.4) is 0 Å². The summed E-state index contributed by atoms with van der Waals surface area (Å²) in [7, 11) is 5.59. The van der Waals surface area contributed by atoms with Gasteiger partial charge in [-0.15, -0.1) is 0 Å². The first-order chi connectivity index (χ1) is 6.07. The number of hydrogen-bond acceptors (Lipinski definition) is 2. The molecule has 0 radical (unpaired) electrons. The van der Waals surface area contributed by atoms with Crippen LogP contribution in [0.2, 0.25) is 0 Å². The second kappa shape index (κ2) is 9.52. The molecule has 0 N–H and O–H groups in total. The van der Waals surface area contributed by atoms with Crippen molar-refractivity contribution in [3.63, 3.8) is 0 Å². The number of amides is 1. The summed E-state index contributed by atoms with van der Waals surface area (Å²) in [5, 5.41) is 0. The highest BCUT2D eigenvalue weighted by atomic mass is 16.2. The van der Waals surface area contributed by atoms with Gasteiger partial charge in [0.25, 0.3) is 0 Å². The molecule has 0 rings (SSSR count). The van der Waals surface area contributed by atoms with Gasteiger partial charge in [0.05, 0.1) is 0 Å². The quantitative estimate of drug-likeness (QED) is 0.666. The molecule has 0 aromatic carbocycles. The maximum Gasteiger partial charge on any atom is 0.223 e. The number of nitrogens with zero attached hydrogens (tertiary/aromatic N) is 2. The number of carbonyl (C=O) groups excluding carboxylic acids is 1. The molecule has 3 nitrogen and oxygen atoms in total. The first kappa shape index (κ1) is 14.9. The van der Waals surface area contributed by atoms with E-state index in [0.717, 1.165) is 13.1 Å². The van der Waals surface area contributed by atoms with Gasteiger partial charge in [-0.1, -0.05) is 20.8 Å². The summed E-state index contributed by atoms with van der Waals surface area (Å²) in [5.41, 5.74) is 0. The van der Waals surface area contributed by atoms with E-state index in [-0.39, 0.29) is 5.91 Å². The lowest BCUT2D eigenvalue weighted by Crippen LogP contribution is -2.27. The van der Waals surface area contributed by atoms with E-state index >= 15 is 0 Å². The van der Waals surface area contributed by atoms with Crippen LogP contribution in [0.25, 0.3) is 0 Å². The smallest absolute Gasteiger partial charge is 0.223 e. The minimum atomic E-state index is 0.199. The largest absolute Gasteiger partial charge is 0.349 e. The number of carbonyl (C=O) groups is 1. The highest BCUT2D eigenvalue weighted by Crippen LogP contribution is 1.90. The molecular formula is C10H24N2O. The number of hydrogen-bond donors (Lipinski definition) is 0. The Hall–Kier alpha value is -0.570. The van der Waals surface area contributed by atoms with Crippen LogP contribution in [-0.4, -0.2) is 49.9 Å². The second-order valence-corrected chi connectivity index (χ2v) is 2.93. The fourth-order valence-corrected chi connectivity index (χ4v) is 0.668. The zero-order chi connectivity index (χ0) is 10.9. The van der Waals surface area contributed by atoms with Gasteiger partial charge >= 0.3 is 0 Å². The van der Waals surface area contributed by atoms with Crippen LogP contribution in [0.5, 0.6) is 0 Å². The zero-order valence-corrected chi connectivity index (χ0v) is 9.92. The van der Waals surface area contributed by atoms with Crippen LogP contribution < -0.4 is 0 Å². The summed E-state index contributed by atoms with van der Waals surface area (Å²) < 4.78 is 0. The Kier molecular flexibility index (Phi) is 10.9. The van der Waals surface area contributed by atoms with Crippen molar-refractivity contribution >= 4 is 5.91 Å². The molecule has 0 heterocycles. The first-order valence-electron chi connectivity index (χ1n) is 4.96. The predicted molar refractivity (Wildman–Crippen MR) is 57.8 cm³/mol. The van der Waals surface area contributed by atoms with E-state index in [1.165, 1.54) is 0 Å². The highest BCUT2D eigenvalue weighted by molar-refractivity contribution is 5.75. The Balaban J connectivity index is 0. The van der Waals surface area contributed by atoms with E-state index in [4.69, 9.17) is 0 Å². The molecule has 0 saturated carbocycles. The summed E-state index contributed by atoms with van der Waals surface area (Å²) in [6.07, 6.45) is 0.622. The fraction of sp³-hybridized carbons (Fsp3) is 0.900. The first-order valence-corrected chi connectivity index (χ1v) is 4.96. The maximum absolute atomic E-state index is 11.1. The summed E-state index contributed by atoms with van der Waals surface area (Å²) in [5.74, 6) is 0.199. The molecular weight excluding hydrogens is 164 g/mol. The van der Waals surface area contributed by atoms with Gasteiger partial charge in [0, 0.05) is 27.1 Å². The van der Waals surface area contributed by atoms with Crippen LogP contribution in [0.1, 0.15) is 27.2 Å². The van der Waals surface area contributed by atoms with Crippen LogP contribution in [0.4, 0.5) is 0 Å². The van der Waals surface area contributed by atoms with E-state index < -0.39 is 0 Å². The standard InChI is InChI=1S/C8H18N2O.C2H6/c1-5-10(4)7-6-8(11)9(2)3;1-2/h5-7H2,1-4H3;1-2H3. The lowest BCUT2D eigenvalue weighted by molar-refractivity contribution is -0.128. The third kappa shape index (κ3) is 9.34. The van der Waals surface area contributed by atoms with Crippen molar-refractivity contribution in [2.45, 2.75) is 27.2 Å². The molecule has 3 heteroatoms. The van der Waals surface area contributed by atoms with Gasteiger partial charge in [0.2, 0.25) is 5.91 Å². The summed E-state index contributed by atoms with van der Waals surface area (Å²) >= 11 is 0. The highest BCUT2D eigenvalue weighted by Gasteiger charge is 2.04. The predicted octanol–water partition coefficient (Wildman–Crippen LogP) is 1.44. The molecule has 0 bridgehead atoms. The normalized spacial score (nSPS) is 9.15. The third-order valence-corrected chi connectivity index (χ3v) is 1.75. The summed E-state index contributed by atoms with van der Waals surface area (Å²) in [6.45, 7) is 7.94. The molecule has 0 aromatic rings. The average molecular weight is 188 g/mol. The molecule has 0 atom stereocenters. The third-order valence-electron chi connectivity index (χ3n) is 1.75. The minimum absolute atomic E-state index is 0.199. The van der Waals surface area contributed by atoms with E-state index in [1.54, 1.807) is 19.0 Å². The minimum Gasteiger partial charge on any atom is -0.349 e. The van der Waals surface area contributed by atoms with E-state index in [0.29, 0.717) is 6.42 Å². The van der Waals surface area contributed by atoms with Gasteiger partial charge in [-0.2, -0.15) is 0 Å². The lowest BCUT2D eigenvalue weighted by atomic mass is 10.3. The fourth-order valence-electron chi connectivity index (χ4n) is 0.668. The Morgan fingerprint density at radius 3 is 1.92 bits per heavy atom. The lowest BCUT2D eigenvalue weighted by Gasteiger charge is -2.15. The van der Waals surface area contributed by atoms with Crippen molar-refractivity contribution in [2.24, 2.45) is 0 Å². The van der Waals surface area contributed by atoms with Gasteiger partial charge in [-0.25, -0.2) is 0 Å². The second-order valence-electron chi connectivity index (χ2n) is 2.93. The van der Waals surface area contributed by atoms with Gasteiger partial charge in [0.1, 0.15) is 0 Å². The van der Waals surface area contributed by atoms with Gasteiger partial charge in [-0.3, -0.25) is 4.79 Å². The van der Waals surface area contributed by atoms with Crippen LogP contribution in [0, 0.1) is 0 Å². The SMILES string of the molecule is CC.CCN(C)CCC(=O)N(C)C. The maximum atomic E-state index is 11.1. The molecule has 0 aliphatic carbocycles. The van der Waals surface area contributed by atoms with E-state index in [9.17, 15) is 4.79 Å². The van der Waals surface area contributed by atoms with E-state index in [2.05, 4.69) is 11.8 Å². The van der Waals surface area contributed by atoms with Gasteiger partial charge in [0.15, 0.2) is 0 Å². The Morgan fingerprint density at radius 2 is 1.62 bits per heavy atom. The molecule has 0 saturated heterocycles. The van der Waals surface area contributed by atoms with Crippen LogP contribution >= 0.6 is 0 Å². The Bertz CT molecular complexity index is 124. The van der Waals surface area contributed by atoms with Crippen molar-refractivity contribution in [2.75, 3.05) is 34.2 Å². The molecule has 13 heavy (non-hydrogen) atoms. The molecule has 0 spiro atoms. The topological polar surface area (TPSA) is 23.6 Å². The zero-order valence-electron chi connectivity index (χ0n) is 9.92. The van der Waals surface area contributed by atoms with E-state index in [1.807, 2.05) is 20.9 Å². The van der Waals surface area contributed by atoms with Crippen molar-refractivity contribution in [1.82, 2.24) is 9.80 Å². The molecule has 0 aliphatic heterocycles. The molecule has 0 unspecified atom stereocenters. The molecule has 0 aromatic heterocycles. The molecule has 0 fully saturated rings. The van der Waals surface area contributed by atoms with Gasteiger partial charge < -0.3 is 9.80 Å². The van der Waals surface area contributed by atoms with Crippen molar-refractivity contribution in [1.29, 1.82) is 0 Å². The van der Waals surface area contributed by atoms with Crippen molar-refractivity contribution in [3.8, 4) is 0 Å². The van der Waals surface area contributed by atoms with Crippen molar-refractivity contribution in [3.05, 3.63) is 0 Å². The van der Waals surface area contributed by atoms with Gasteiger partial charge in [-0.05, 0) is 13.6 Å². The summed E-state index contributed by atoms with van der Waals surface area (Å²) in [4.78, 5) is 14.8. The Morgan fingerprint density at radius 1 is 1.15 bits per heavy atom. The average Bonchev–Trinajstić information content (AvgIpc) is 2.16.